The van der Waals surface area contributed by atoms with Gasteiger partial charge in [-0.05, 0) is 13.0 Å². The Balaban J connectivity index is 1.63. The number of hydrogen-bond donors (Lipinski definition) is 0. The first kappa shape index (κ1) is 14.8. The molecule has 2 aromatic heterocycles. The van der Waals surface area contributed by atoms with Crippen LogP contribution >= 0.6 is 11.3 Å². The van der Waals surface area contributed by atoms with Crippen LogP contribution < -0.4 is 9.64 Å². The molecule has 1 aliphatic heterocycles. The molecular weight excluding hydrogens is 300 g/mol. The monoisotopic (exact) mass is 318 g/mol. The molecule has 116 valence electrons. The Hall–Kier alpha value is -2.15. The van der Waals surface area contributed by atoms with Gasteiger partial charge in [0.1, 0.15) is 16.4 Å². The average Bonchev–Trinajstić information content (AvgIpc) is 3.01. The summed E-state index contributed by atoms with van der Waals surface area (Å²) in [6, 6.07) is 3.75. The van der Waals surface area contributed by atoms with Crippen molar-refractivity contribution in [2.24, 2.45) is 0 Å². The molecule has 0 unspecified atom stereocenters. The number of thiazole rings is 1. The summed E-state index contributed by atoms with van der Waals surface area (Å²) in [7, 11) is 1.65. The minimum absolute atomic E-state index is 0.0730. The van der Waals surface area contributed by atoms with E-state index in [1.807, 2.05) is 24.0 Å². The number of aryl methyl sites for hydroxylation is 1. The number of ether oxygens (including phenoxy) is 1. The van der Waals surface area contributed by atoms with Crippen LogP contribution in [0, 0.1) is 6.92 Å². The summed E-state index contributed by atoms with van der Waals surface area (Å²) in [5.74, 6) is 1.76. The van der Waals surface area contributed by atoms with Gasteiger partial charge in [-0.15, -0.1) is 11.3 Å². The lowest BCUT2D eigenvalue weighted by Gasteiger charge is -2.35. The number of carbonyl (C=O) groups is 1. The molecule has 0 N–H and O–H groups in total. The van der Waals surface area contributed by atoms with E-state index >= 15 is 0 Å². The summed E-state index contributed by atoms with van der Waals surface area (Å²) in [5.41, 5.74) is 0. The molecule has 0 radical (unpaired) electrons. The smallest absolute Gasteiger partial charge is 0.265 e. The van der Waals surface area contributed by atoms with Gasteiger partial charge in [-0.1, -0.05) is 0 Å². The summed E-state index contributed by atoms with van der Waals surface area (Å²) >= 11 is 1.45. The van der Waals surface area contributed by atoms with Crippen molar-refractivity contribution in [3.8, 4) is 5.75 Å². The fraction of sp³-hybridized carbons (Fsp3) is 0.400. The Morgan fingerprint density at radius 3 is 2.68 bits per heavy atom. The van der Waals surface area contributed by atoms with E-state index in [1.54, 1.807) is 19.5 Å². The van der Waals surface area contributed by atoms with Crippen molar-refractivity contribution in [2.75, 3.05) is 38.2 Å². The third-order valence-electron chi connectivity index (χ3n) is 3.68. The molecule has 3 heterocycles. The molecule has 7 heteroatoms. The fourth-order valence-corrected chi connectivity index (χ4v) is 3.20. The van der Waals surface area contributed by atoms with E-state index in [2.05, 4.69) is 14.9 Å². The Labute approximate surface area is 133 Å². The van der Waals surface area contributed by atoms with Crippen LogP contribution in [0.25, 0.3) is 0 Å². The van der Waals surface area contributed by atoms with Gasteiger partial charge in [0.25, 0.3) is 5.91 Å². The lowest BCUT2D eigenvalue weighted by atomic mass is 10.3. The molecule has 1 saturated heterocycles. The highest BCUT2D eigenvalue weighted by Crippen LogP contribution is 2.20. The van der Waals surface area contributed by atoms with Crippen molar-refractivity contribution in [1.82, 2.24) is 14.9 Å². The lowest BCUT2D eigenvalue weighted by Crippen LogP contribution is -2.48. The quantitative estimate of drug-likeness (QED) is 0.864. The van der Waals surface area contributed by atoms with Crippen LogP contribution in [0.3, 0.4) is 0 Å². The van der Waals surface area contributed by atoms with E-state index in [1.165, 1.54) is 11.3 Å². The summed E-state index contributed by atoms with van der Waals surface area (Å²) < 4.78 is 5.23. The fourth-order valence-electron chi connectivity index (χ4n) is 2.45. The third-order valence-corrected chi connectivity index (χ3v) is 4.58. The van der Waals surface area contributed by atoms with Gasteiger partial charge in [-0.3, -0.25) is 4.79 Å². The van der Waals surface area contributed by atoms with Crippen LogP contribution in [0.1, 0.15) is 14.7 Å². The molecule has 22 heavy (non-hydrogen) atoms. The van der Waals surface area contributed by atoms with Gasteiger partial charge in [-0.2, -0.15) is 0 Å². The average molecular weight is 318 g/mol. The van der Waals surface area contributed by atoms with E-state index in [4.69, 9.17) is 4.74 Å². The molecule has 3 rings (SSSR count). The Bertz CT molecular complexity index is 665. The number of anilines is 1. The second-order valence-corrected chi connectivity index (χ2v) is 6.31. The standard InChI is InChI=1S/C15H18N4O2S/c1-11-17-10-13(22-11)15(20)19-7-5-18(6-8-19)14-9-12(21-2)3-4-16-14/h3-4,9-10H,5-8H2,1-2H3. The van der Waals surface area contributed by atoms with Gasteiger partial charge >= 0.3 is 0 Å². The zero-order chi connectivity index (χ0) is 15.5. The predicted molar refractivity (Wildman–Crippen MR) is 85.8 cm³/mol. The zero-order valence-corrected chi connectivity index (χ0v) is 13.5. The second-order valence-electron chi connectivity index (χ2n) is 5.08. The van der Waals surface area contributed by atoms with Gasteiger partial charge in [0.05, 0.1) is 18.3 Å². The molecule has 0 aromatic carbocycles. The summed E-state index contributed by atoms with van der Waals surface area (Å²) in [5, 5.41) is 0.919. The van der Waals surface area contributed by atoms with Crippen LogP contribution in [-0.4, -0.2) is 54.1 Å². The van der Waals surface area contributed by atoms with E-state index in [-0.39, 0.29) is 5.91 Å². The number of aromatic nitrogens is 2. The Kier molecular flexibility index (Phi) is 4.24. The number of nitrogens with zero attached hydrogens (tertiary/aromatic N) is 4. The number of amides is 1. The highest BCUT2D eigenvalue weighted by Gasteiger charge is 2.24. The number of pyridine rings is 1. The maximum atomic E-state index is 12.4. The van der Waals surface area contributed by atoms with Crippen LogP contribution in [0.2, 0.25) is 0 Å². The van der Waals surface area contributed by atoms with E-state index in [9.17, 15) is 4.79 Å². The van der Waals surface area contributed by atoms with E-state index in [0.717, 1.165) is 29.7 Å². The molecule has 0 aliphatic carbocycles. The first-order valence-corrected chi connectivity index (χ1v) is 7.96. The Morgan fingerprint density at radius 1 is 1.27 bits per heavy atom. The van der Waals surface area contributed by atoms with Crippen LogP contribution in [0.15, 0.2) is 24.5 Å². The van der Waals surface area contributed by atoms with Crippen LogP contribution in [-0.2, 0) is 0 Å². The number of piperazine rings is 1. The van der Waals surface area contributed by atoms with Crippen molar-refractivity contribution in [3.63, 3.8) is 0 Å². The van der Waals surface area contributed by atoms with Crippen molar-refractivity contribution in [2.45, 2.75) is 6.92 Å². The number of methoxy groups -OCH3 is 1. The molecule has 2 aromatic rings. The van der Waals surface area contributed by atoms with Gasteiger partial charge < -0.3 is 14.5 Å². The maximum absolute atomic E-state index is 12.4. The molecule has 1 amide bonds. The normalized spacial score (nSPS) is 15.0. The molecular formula is C15H18N4O2S. The molecule has 0 atom stereocenters. The SMILES string of the molecule is COc1ccnc(N2CCN(C(=O)c3cnc(C)s3)CC2)c1. The topological polar surface area (TPSA) is 58.6 Å². The third kappa shape index (κ3) is 3.04. The highest BCUT2D eigenvalue weighted by atomic mass is 32.1. The summed E-state index contributed by atoms with van der Waals surface area (Å²) in [6.45, 7) is 4.82. The molecule has 0 bridgehead atoms. The van der Waals surface area contributed by atoms with Crippen molar-refractivity contribution in [3.05, 3.63) is 34.4 Å². The summed E-state index contributed by atoms with van der Waals surface area (Å²) in [4.78, 5) is 25.7. The first-order chi connectivity index (χ1) is 10.7. The van der Waals surface area contributed by atoms with E-state index in [0.29, 0.717) is 18.0 Å². The van der Waals surface area contributed by atoms with Crippen molar-refractivity contribution >= 4 is 23.1 Å². The van der Waals surface area contributed by atoms with Gasteiger partial charge in [-0.25, -0.2) is 9.97 Å². The minimum atomic E-state index is 0.0730. The van der Waals surface area contributed by atoms with Crippen molar-refractivity contribution in [1.29, 1.82) is 0 Å². The lowest BCUT2D eigenvalue weighted by molar-refractivity contribution is 0.0751. The Morgan fingerprint density at radius 2 is 2.05 bits per heavy atom. The highest BCUT2D eigenvalue weighted by molar-refractivity contribution is 7.13. The van der Waals surface area contributed by atoms with E-state index < -0.39 is 0 Å². The van der Waals surface area contributed by atoms with Gasteiger partial charge in [0, 0.05) is 38.4 Å². The molecule has 1 fully saturated rings. The number of carbonyl (C=O) groups excluding carboxylic acids is 1. The zero-order valence-electron chi connectivity index (χ0n) is 12.7. The van der Waals surface area contributed by atoms with Gasteiger partial charge in [0.15, 0.2) is 0 Å². The minimum Gasteiger partial charge on any atom is -0.497 e. The second kappa shape index (κ2) is 6.31. The van der Waals surface area contributed by atoms with Crippen molar-refractivity contribution < 1.29 is 9.53 Å². The molecule has 0 saturated carbocycles. The largest absolute Gasteiger partial charge is 0.497 e. The maximum Gasteiger partial charge on any atom is 0.265 e. The first-order valence-electron chi connectivity index (χ1n) is 7.14. The molecule has 6 nitrogen and oxygen atoms in total. The summed E-state index contributed by atoms with van der Waals surface area (Å²) in [6.07, 6.45) is 3.41. The van der Waals surface area contributed by atoms with Gasteiger partial charge in [0.2, 0.25) is 0 Å². The number of hydrogen-bond acceptors (Lipinski definition) is 6. The van der Waals surface area contributed by atoms with Crippen LogP contribution in [0.4, 0.5) is 5.82 Å². The molecule has 0 spiro atoms. The number of rotatable bonds is 3. The molecule has 1 aliphatic rings. The predicted octanol–water partition coefficient (Wildman–Crippen LogP) is 1.82. The van der Waals surface area contributed by atoms with Crippen LogP contribution in [0.5, 0.6) is 5.75 Å².